The van der Waals surface area contributed by atoms with Crippen molar-refractivity contribution >= 4 is 6.29 Å². The van der Waals surface area contributed by atoms with Gasteiger partial charge in [0.1, 0.15) is 5.82 Å². The lowest BCUT2D eigenvalue weighted by Crippen LogP contribution is -1.96. The minimum atomic E-state index is -0.976. The SMILES string of the molecule is [N-]=[N+]=NCCC#Cc1ccc(F)c(C=O)c1F. The number of azide groups is 1. The summed E-state index contributed by atoms with van der Waals surface area (Å²) in [6, 6.07) is 2.13. The van der Waals surface area contributed by atoms with Gasteiger partial charge in [0.05, 0.1) is 11.1 Å². The van der Waals surface area contributed by atoms with Gasteiger partial charge >= 0.3 is 0 Å². The molecule has 1 aromatic carbocycles. The number of hydrogen-bond donors (Lipinski definition) is 0. The highest BCUT2D eigenvalue weighted by Gasteiger charge is 2.10. The number of carbonyl (C=O) groups excluding carboxylic acids is 1. The third kappa shape index (κ3) is 3.30. The zero-order valence-electron chi connectivity index (χ0n) is 8.65. The fourth-order valence-corrected chi connectivity index (χ4v) is 1.08. The molecule has 0 unspecified atom stereocenters. The van der Waals surface area contributed by atoms with Crippen LogP contribution in [0.15, 0.2) is 17.2 Å². The van der Waals surface area contributed by atoms with Crippen molar-refractivity contribution < 1.29 is 13.6 Å². The van der Waals surface area contributed by atoms with Crippen LogP contribution in [0.4, 0.5) is 8.78 Å². The largest absolute Gasteiger partial charge is 0.298 e. The van der Waals surface area contributed by atoms with Crippen LogP contribution in [0, 0.1) is 23.5 Å². The molecule has 0 saturated carbocycles. The van der Waals surface area contributed by atoms with Gasteiger partial charge in [0, 0.05) is 17.9 Å². The lowest BCUT2D eigenvalue weighted by Gasteiger charge is -1.98. The quantitative estimate of drug-likeness (QED) is 0.198. The van der Waals surface area contributed by atoms with E-state index in [0.717, 1.165) is 12.1 Å². The summed E-state index contributed by atoms with van der Waals surface area (Å²) in [5.74, 6) is 3.10. The van der Waals surface area contributed by atoms with Crippen molar-refractivity contribution in [2.45, 2.75) is 6.42 Å². The molecule has 1 aromatic rings. The van der Waals surface area contributed by atoms with Crippen molar-refractivity contribution in [1.29, 1.82) is 0 Å². The number of aldehydes is 1. The highest BCUT2D eigenvalue weighted by molar-refractivity contribution is 5.76. The number of hydrogen-bond acceptors (Lipinski definition) is 2. The Morgan fingerprint density at radius 1 is 1.47 bits per heavy atom. The molecule has 0 radical (unpaired) electrons. The number of benzene rings is 1. The van der Waals surface area contributed by atoms with E-state index in [2.05, 4.69) is 21.9 Å². The van der Waals surface area contributed by atoms with Crippen molar-refractivity contribution in [3.63, 3.8) is 0 Å². The summed E-state index contributed by atoms with van der Waals surface area (Å²) >= 11 is 0. The fourth-order valence-electron chi connectivity index (χ4n) is 1.08. The zero-order valence-corrected chi connectivity index (χ0v) is 8.65. The molecule has 0 N–H and O–H groups in total. The Bertz CT molecular complexity index is 540. The van der Waals surface area contributed by atoms with Crippen LogP contribution in [0.3, 0.4) is 0 Å². The van der Waals surface area contributed by atoms with Gasteiger partial charge in [-0.15, -0.1) is 0 Å². The molecule has 17 heavy (non-hydrogen) atoms. The third-order valence-corrected chi connectivity index (χ3v) is 1.87. The van der Waals surface area contributed by atoms with Gasteiger partial charge < -0.3 is 0 Å². The summed E-state index contributed by atoms with van der Waals surface area (Å²) in [5.41, 5.74) is 7.30. The molecule has 0 aromatic heterocycles. The van der Waals surface area contributed by atoms with E-state index in [1.54, 1.807) is 0 Å². The molecule has 0 atom stereocenters. The van der Waals surface area contributed by atoms with Crippen LogP contribution in [0.5, 0.6) is 0 Å². The number of carbonyl (C=O) groups is 1. The first-order valence-electron chi connectivity index (χ1n) is 4.63. The van der Waals surface area contributed by atoms with E-state index in [0.29, 0.717) is 0 Å². The molecular weight excluding hydrogens is 228 g/mol. The van der Waals surface area contributed by atoms with Gasteiger partial charge in [-0.3, -0.25) is 4.79 Å². The van der Waals surface area contributed by atoms with Crippen LogP contribution < -0.4 is 0 Å². The maximum Gasteiger partial charge on any atom is 0.156 e. The molecule has 0 spiro atoms. The van der Waals surface area contributed by atoms with Crippen molar-refractivity contribution in [3.05, 3.63) is 45.3 Å². The number of nitrogens with zero attached hydrogens (tertiary/aromatic N) is 3. The first kappa shape index (κ1) is 12.7. The van der Waals surface area contributed by atoms with Crippen molar-refractivity contribution in [2.75, 3.05) is 6.54 Å². The molecule has 0 amide bonds. The van der Waals surface area contributed by atoms with Crippen LogP contribution in [0.2, 0.25) is 0 Å². The first-order valence-corrected chi connectivity index (χ1v) is 4.63. The van der Waals surface area contributed by atoms with E-state index in [1.165, 1.54) is 0 Å². The Labute approximate surface area is 95.9 Å². The summed E-state index contributed by atoms with van der Waals surface area (Å²) in [4.78, 5) is 13.0. The molecule has 1 rings (SSSR count). The zero-order chi connectivity index (χ0) is 12.7. The fraction of sp³-hybridized carbons (Fsp3) is 0.182. The molecule has 0 aliphatic rings. The Kier molecular flexibility index (Phi) is 4.67. The van der Waals surface area contributed by atoms with Gasteiger partial charge in [0.15, 0.2) is 12.1 Å². The van der Waals surface area contributed by atoms with Crippen LogP contribution >= 0.6 is 0 Å². The summed E-state index contributed by atoms with van der Waals surface area (Å²) in [7, 11) is 0. The average Bonchev–Trinajstić information content (AvgIpc) is 2.32. The average molecular weight is 235 g/mol. The predicted octanol–water partition coefficient (Wildman–Crippen LogP) is 2.83. The van der Waals surface area contributed by atoms with E-state index in [4.69, 9.17) is 5.53 Å². The topological polar surface area (TPSA) is 65.8 Å². The van der Waals surface area contributed by atoms with Gasteiger partial charge in [-0.2, -0.15) is 0 Å². The second kappa shape index (κ2) is 6.26. The molecule has 0 saturated heterocycles. The highest BCUT2D eigenvalue weighted by Crippen LogP contribution is 2.14. The Balaban J connectivity index is 2.92. The maximum absolute atomic E-state index is 13.5. The summed E-state index contributed by atoms with van der Waals surface area (Å²) in [5, 5.41) is 3.24. The smallest absolute Gasteiger partial charge is 0.156 e. The summed E-state index contributed by atoms with van der Waals surface area (Å²) < 4.78 is 26.4. The third-order valence-electron chi connectivity index (χ3n) is 1.87. The van der Waals surface area contributed by atoms with Crippen LogP contribution in [0.1, 0.15) is 22.3 Å². The normalized spacial score (nSPS) is 8.82. The molecule has 6 heteroatoms. The molecule has 0 aliphatic heterocycles. The van der Waals surface area contributed by atoms with E-state index in [1.807, 2.05) is 0 Å². The first-order chi connectivity index (χ1) is 8.20. The molecule has 4 nitrogen and oxygen atoms in total. The van der Waals surface area contributed by atoms with Crippen molar-refractivity contribution in [1.82, 2.24) is 0 Å². The molecule has 0 fully saturated rings. The van der Waals surface area contributed by atoms with Gasteiger partial charge in [0.25, 0.3) is 0 Å². The lowest BCUT2D eigenvalue weighted by molar-refractivity contribution is 0.111. The standard InChI is InChI=1S/C11H7F2N3O/c12-10-5-4-8(11(13)9(10)7-17)3-1-2-6-15-16-14/h4-5,7H,2,6H2. The van der Waals surface area contributed by atoms with E-state index in [9.17, 15) is 13.6 Å². The highest BCUT2D eigenvalue weighted by atomic mass is 19.1. The number of rotatable bonds is 3. The van der Waals surface area contributed by atoms with E-state index >= 15 is 0 Å². The molecular formula is C11H7F2N3O. The second-order valence-corrected chi connectivity index (χ2v) is 2.95. The van der Waals surface area contributed by atoms with Crippen LogP contribution in [0.25, 0.3) is 10.4 Å². The van der Waals surface area contributed by atoms with Crippen molar-refractivity contribution in [2.24, 2.45) is 5.11 Å². The monoisotopic (exact) mass is 235 g/mol. The Morgan fingerprint density at radius 3 is 2.88 bits per heavy atom. The van der Waals surface area contributed by atoms with E-state index in [-0.39, 0.29) is 24.8 Å². The van der Waals surface area contributed by atoms with Crippen molar-refractivity contribution in [3.8, 4) is 11.8 Å². The number of halogens is 2. The lowest BCUT2D eigenvalue weighted by atomic mass is 10.1. The molecule has 0 heterocycles. The van der Waals surface area contributed by atoms with Gasteiger partial charge in [-0.1, -0.05) is 17.0 Å². The summed E-state index contributed by atoms with van der Waals surface area (Å²) in [6.07, 6.45) is 0.368. The minimum absolute atomic E-state index is 0.0607. The minimum Gasteiger partial charge on any atom is -0.298 e. The molecule has 0 aliphatic carbocycles. The van der Waals surface area contributed by atoms with Crippen LogP contribution in [-0.2, 0) is 0 Å². The van der Waals surface area contributed by atoms with Gasteiger partial charge in [-0.05, 0) is 17.7 Å². The Hall–Kier alpha value is -2.38. The molecule has 0 bridgehead atoms. The van der Waals surface area contributed by atoms with Crippen LogP contribution in [-0.4, -0.2) is 12.8 Å². The summed E-state index contributed by atoms with van der Waals surface area (Å²) in [6.45, 7) is 0.173. The van der Waals surface area contributed by atoms with E-state index < -0.39 is 17.2 Å². The van der Waals surface area contributed by atoms with Gasteiger partial charge in [-0.25, -0.2) is 8.78 Å². The second-order valence-electron chi connectivity index (χ2n) is 2.95. The molecule has 86 valence electrons. The predicted molar refractivity (Wildman–Crippen MR) is 57.3 cm³/mol. The Morgan fingerprint density at radius 2 is 2.24 bits per heavy atom. The maximum atomic E-state index is 13.5. The van der Waals surface area contributed by atoms with Gasteiger partial charge in [0.2, 0.25) is 0 Å².